The molecule has 0 spiro atoms. The Morgan fingerprint density at radius 3 is 2.89 bits per heavy atom. The van der Waals surface area contributed by atoms with Gasteiger partial charge in [0.2, 0.25) is 0 Å². The number of carbonyl (C=O) groups is 1. The lowest BCUT2D eigenvalue weighted by atomic mass is 10.1. The van der Waals surface area contributed by atoms with Crippen LogP contribution in [0.5, 0.6) is 0 Å². The van der Waals surface area contributed by atoms with Crippen LogP contribution in [0.15, 0.2) is 22.7 Å². The second kappa shape index (κ2) is 7.48. The molecular formula is C13H16BrFO3. The third-order valence-corrected chi connectivity index (χ3v) is 3.06. The summed E-state index contributed by atoms with van der Waals surface area (Å²) in [5.41, 5.74) is 0.457. The fraction of sp³-hybridized carbons (Fsp3) is 0.462. The van der Waals surface area contributed by atoms with E-state index in [-0.39, 0.29) is 18.8 Å². The van der Waals surface area contributed by atoms with Crippen molar-refractivity contribution in [1.82, 2.24) is 0 Å². The van der Waals surface area contributed by atoms with Gasteiger partial charge in [0.05, 0.1) is 17.2 Å². The van der Waals surface area contributed by atoms with Crippen LogP contribution >= 0.6 is 15.9 Å². The molecule has 1 aromatic rings. The van der Waals surface area contributed by atoms with E-state index in [1.165, 1.54) is 12.1 Å². The molecule has 5 heteroatoms. The first-order valence-electron chi connectivity index (χ1n) is 5.83. The van der Waals surface area contributed by atoms with Crippen LogP contribution in [0.4, 0.5) is 4.39 Å². The molecule has 18 heavy (non-hydrogen) atoms. The second-order valence-corrected chi connectivity index (χ2v) is 4.80. The number of carbonyl (C=O) groups excluding carboxylic acids is 1. The fourth-order valence-electron chi connectivity index (χ4n) is 1.43. The Kier molecular flexibility index (Phi) is 6.29. The van der Waals surface area contributed by atoms with Gasteiger partial charge >= 0.3 is 5.97 Å². The number of esters is 1. The Hall–Kier alpha value is -0.940. The van der Waals surface area contributed by atoms with E-state index >= 15 is 0 Å². The molecule has 0 radical (unpaired) electrons. The van der Waals surface area contributed by atoms with Crippen molar-refractivity contribution >= 4 is 21.9 Å². The van der Waals surface area contributed by atoms with Gasteiger partial charge in [-0.25, -0.2) is 4.39 Å². The first kappa shape index (κ1) is 15.1. The monoisotopic (exact) mass is 318 g/mol. The molecule has 0 aliphatic carbocycles. The van der Waals surface area contributed by atoms with Crippen LogP contribution < -0.4 is 0 Å². The third kappa shape index (κ3) is 4.74. The zero-order chi connectivity index (χ0) is 13.5. The highest BCUT2D eigenvalue weighted by atomic mass is 79.9. The highest BCUT2D eigenvalue weighted by Crippen LogP contribution is 2.23. The predicted octanol–water partition coefficient (Wildman–Crippen LogP) is 3.36. The maximum atomic E-state index is 13.3. The topological polar surface area (TPSA) is 46.5 Å². The van der Waals surface area contributed by atoms with E-state index in [0.717, 1.165) is 6.42 Å². The number of halogens is 2. The van der Waals surface area contributed by atoms with Crippen molar-refractivity contribution in [3.63, 3.8) is 0 Å². The van der Waals surface area contributed by atoms with Gasteiger partial charge in [-0.05, 0) is 46.5 Å². The predicted molar refractivity (Wildman–Crippen MR) is 69.5 cm³/mol. The maximum Gasteiger partial charge on any atom is 0.305 e. The number of rotatable bonds is 6. The number of aliphatic hydroxyl groups excluding tert-OH is 1. The molecular weight excluding hydrogens is 303 g/mol. The van der Waals surface area contributed by atoms with Crippen molar-refractivity contribution in [2.45, 2.75) is 32.3 Å². The first-order valence-corrected chi connectivity index (χ1v) is 6.62. The average molecular weight is 319 g/mol. The summed E-state index contributed by atoms with van der Waals surface area (Å²) in [5.74, 6) is -0.770. The largest absolute Gasteiger partial charge is 0.466 e. The molecule has 1 unspecified atom stereocenters. The number of benzene rings is 1. The highest BCUT2D eigenvalue weighted by Gasteiger charge is 2.12. The van der Waals surface area contributed by atoms with Crippen molar-refractivity contribution in [1.29, 1.82) is 0 Å². The summed E-state index contributed by atoms with van der Waals surface area (Å²) in [6.45, 7) is 2.30. The average Bonchev–Trinajstić information content (AvgIpc) is 2.36. The number of aliphatic hydroxyl groups is 1. The van der Waals surface area contributed by atoms with E-state index in [1.807, 2.05) is 6.92 Å². The summed E-state index contributed by atoms with van der Waals surface area (Å²) < 4.78 is 18.5. The summed E-state index contributed by atoms with van der Waals surface area (Å²) in [7, 11) is 0. The van der Waals surface area contributed by atoms with Gasteiger partial charge in [0.1, 0.15) is 5.82 Å². The van der Waals surface area contributed by atoms with Crippen molar-refractivity contribution < 1.29 is 19.0 Å². The molecule has 1 rings (SSSR count). The van der Waals surface area contributed by atoms with E-state index in [0.29, 0.717) is 16.6 Å². The minimum Gasteiger partial charge on any atom is -0.466 e. The summed E-state index contributed by atoms with van der Waals surface area (Å²) >= 11 is 3.04. The lowest BCUT2D eigenvalue weighted by molar-refractivity contribution is -0.144. The van der Waals surface area contributed by atoms with Gasteiger partial charge in [-0.1, -0.05) is 13.0 Å². The van der Waals surface area contributed by atoms with E-state index in [4.69, 9.17) is 4.74 Å². The molecule has 1 atom stereocenters. The molecule has 1 aromatic carbocycles. The van der Waals surface area contributed by atoms with Gasteiger partial charge in [-0.15, -0.1) is 0 Å². The molecule has 3 nitrogen and oxygen atoms in total. The standard InChI is InChI=1S/C13H16BrFO3/c1-2-7-18-13(17)6-5-12(16)9-3-4-10(14)11(15)8-9/h3-4,8,12,16H,2,5-7H2,1H3. The number of hydrogen-bond acceptors (Lipinski definition) is 3. The molecule has 0 amide bonds. The summed E-state index contributed by atoms with van der Waals surface area (Å²) in [5, 5.41) is 9.82. The van der Waals surface area contributed by atoms with Crippen LogP contribution in [0.2, 0.25) is 0 Å². The van der Waals surface area contributed by atoms with Crippen LogP contribution in [0, 0.1) is 5.82 Å². The molecule has 0 saturated carbocycles. The van der Waals surface area contributed by atoms with Crippen LogP contribution in [0.3, 0.4) is 0 Å². The van der Waals surface area contributed by atoms with Gasteiger partial charge < -0.3 is 9.84 Å². The zero-order valence-corrected chi connectivity index (χ0v) is 11.7. The molecule has 0 bridgehead atoms. The smallest absolute Gasteiger partial charge is 0.305 e. The van der Waals surface area contributed by atoms with Gasteiger partial charge in [0.15, 0.2) is 0 Å². The fourth-order valence-corrected chi connectivity index (χ4v) is 1.68. The SMILES string of the molecule is CCCOC(=O)CCC(O)c1ccc(Br)c(F)c1. The summed E-state index contributed by atoms with van der Waals surface area (Å²) in [6, 6.07) is 4.41. The van der Waals surface area contributed by atoms with Crippen LogP contribution in [-0.2, 0) is 9.53 Å². The minimum atomic E-state index is -0.859. The van der Waals surface area contributed by atoms with Crippen molar-refractivity contribution in [3.05, 3.63) is 34.1 Å². The maximum absolute atomic E-state index is 13.3. The zero-order valence-electron chi connectivity index (χ0n) is 10.2. The molecule has 0 aromatic heterocycles. The molecule has 0 aliphatic rings. The van der Waals surface area contributed by atoms with Crippen molar-refractivity contribution in [3.8, 4) is 0 Å². The Bertz CT molecular complexity index is 409. The van der Waals surface area contributed by atoms with E-state index in [9.17, 15) is 14.3 Å². The molecule has 0 aliphatic heterocycles. The quantitative estimate of drug-likeness (QED) is 0.818. The first-order chi connectivity index (χ1) is 8.54. The van der Waals surface area contributed by atoms with E-state index < -0.39 is 11.9 Å². The summed E-state index contributed by atoms with van der Waals surface area (Å²) in [6.07, 6.45) is 0.260. The normalized spacial score (nSPS) is 12.2. The van der Waals surface area contributed by atoms with Crippen LogP contribution in [0.25, 0.3) is 0 Å². The molecule has 0 heterocycles. The third-order valence-electron chi connectivity index (χ3n) is 2.42. The lowest BCUT2D eigenvalue weighted by Gasteiger charge is -2.11. The van der Waals surface area contributed by atoms with Gasteiger partial charge in [-0.2, -0.15) is 0 Å². The minimum absolute atomic E-state index is 0.124. The van der Waals surface area contributed by atoms with Crippen molar-refractivity contribution in [2.75, 3.05) is 6.61 Å². The Balaban J connectivity index is 2.47. The van der Waals surface area contributed by atoms with E-state index in [2.05, 4.69) is 15.9 Å². The number of hydrogen-bond donors (Lipinski definition) is 1. The lowest BCUT2D eigenvalue weighted by Crippen LogP contribution is -2.08. The van der Waals surface area contributed by atoms with Gasteiger partial charge in [0.25, 0.3) is 0 Å². The Labute approximate surface area is 114 Å². The van der Waals surface area contributed by atoms with E-state index in [1.54, 1.807) is 6.07 Å². The highest BCUT2D eigenvalue weighted by molar-refractivity contribution is 9.10. The molecule has 100 valence electrons. The van der Waals surface area contributed by atoms with Crippen LogP contribution in [0.1, 0.15) is 37.9 Å². The van der Waals surface area contributed by atoms with Gasteiger partial charge in [-0.3, -0.25) is 4.79 Å². The van der Waals surface area contributed by atoms with Crippen LogP contribution in [-0.4, -0.2) is 17.7 Å². The summed E-state index contributed by atoms with van der Waals surface area (Å²) in [4.78, 5) is 11.2. The van der Waals surface area contributed by atoms with Crippen molar-refractivity contribution in [2.24, 2.45) is 0 Å². The Morgan fingerprint density at radius 1 is 1.56 bits per heavy atom. The Morgan fingerprint density at radius 2 is 2.28 bits per heavy atom. The second-order valence-electron chi connectivity index (χ2n) is 3.95. The van der Waals surface area contributed by atoms with Gasteiger partial charge in [0, 0.05) is 6.42 Å². The molecule has 0 saturated heterocycles. The molecule has 0 fully saturated rings. The molecule has 1 N–H and O–H groups in total. The number of ether oxygens (including phenoxy) is 1.